The molecular weight excluding hydrogens is 367 g/mol. The zero-order chi connectivity index (χ0) is 19.8. The second-order valence-electron chi connectivity index (χ2n) is 7.60. The van der Waals surface area contributed by atoms with Crippen molar-refractivity contribution in [3.05, 3.63) is 77.6 Å². The van der Waals surface area contributed by atoms with E-state index in [1.165, 1.54) is 11.6 Å². The van der Waals surface area contributed by atoms with Crippen molar-refractivity contribution in [1.82, 2.24) is 4.98 Å². The van der Waals surface area contributed by atoms with Crippen LogP contribution >= 0.6 is 0 Å². The van der Waals surface area contributed by atoms with Gasteiger partial charge in [-0.05, 0) is 30.0 Å². The monoisotopic (exact) mass is 388 g/mol. The van der Waals surface area contributed by atoms with Crippen molar-refractivity contribution < 1.29 is 8.81 Å². The van der Waals surface area contributed by atoms with Gasteiger partial charge in [-0.15, -0.1) is 0 Å². The van der Waals surface area contributed by atoms with E-state index < -0.39 is 0 Å². The summed E-state index contributed by atoms with van der Waals surface area (Å²) in [7, 11) is 0. The van der Waals surface area contributed by atoms with E-state index in [-0.39, 0.29) is 11.7 Å². The van der Waals surface area contributed by atoms with E-state index in [4.69, 9.17) is 4.42 Å². The van der Waals surface area contributed by atoms with Crippen molar-refractivity contribution in [3.63, 3.8) is 0 Å². The number of hydrogen-bond donors (Lipinski definition) is 0. The van der Waals surface area contributed by atoms with Crippen LogP contribution in [0.15, 0.2) is 59.0 Å². The van der Waals surface area contributed by atoms with Crippen molar-refractivity contribution in [3.8, 4) is 6.07 Å². The average molecular weight is 388 g/mol. The third kappa shape index (κ3) is 3.33. The van der Waals surface area contributed by atoms with Gasteiger partial charge in [0.2, 0.25) is 17.5 Å². The van der Waals surface area contributed by atoms with Crippen molar-refractivity contribution >= 4 is 11.6 Å². The Morgan fingerprint density at radius 2 is 1.62 bits per heavy atom. The van der Waals surface area contributed by atoms with Crippen LogP contribution < -0.4 is 9.80 Å². The number of rotatable bonds is 4. The second-order valence-corrected chi connectivity index (χ2v) is 7.60. The minimum absolute atomic E-state index is 0.207. The Bertz CT molecular complexity index is 1050. The number of para-hydroxylation sites is 1. The minimum Gasteiger partial charge on any atom is -0.423 e. The van der Waals surface area contributed by atoms with E-state index in [2.05, 4.69) is 23.2 Å². The van der Waals surface area contributed by atoms with E-state index in [9.17, 15) is 9.65 Å². The fraction of sp³-hybridized carbons (Fsp3) is 0.304. The molecule has 0 radical (unpaired) electrons. The molecule has 2 aliphatic rings. The second kappa shape index (κ2) is 7.25. The molecule has 3 aromatic rings. The number of halogens is 1. The maximum absolute atomic E-state index is 14.1. The van der Waals surface area contributed by atoms with E-state index >= 15 is 0 Å². The zero-order valence-corrected chi connectivity index (χ0v) is 16.0. The maximum Gasteiger partial charge on any atom is 0.234 e. The Balaban J connectivity index is 1.30. The lowest BCUT2D eigenvalue weighted by Crippen LogP contribution is -2.47. The lowest BCUT2D eigenvalue weighted by molar-refractivity contribution is 0.475. The number of anilines is 2. The standard InChI is InChI=1S/C23H21FN4O/c24-19-8-4-5-9-21(19)27-10-12-28(13-11-27)23-20(15-25)26-22(29-23)18-14-17(18)16-6-2-1-3-7-16/h1-9,17-18H,10-14H2/t17-,18-/m1/s1. The van der Waals surface area contributed by atoms with Gasteiger partial charge < -0.3 is 14.2 Å². The number of oxazole rings is 1. The van der Waals surface area contributed by atoms with Gasteiger partial charge in [-0.3, -0.25) is 0 Å². The highest BCUT2D eigenvalue weighted by Crippen LogP contribution is 2.54. The summed E-state index contributed by atoms with van der Waals surface area (Å²) < 4.78 is 20.1. The van der Waals surface area contributed by atoms with Crippen LogP contribution in [-0.2, 0) is 0 Å². The fourth-order valence-electron chi connectivity index (χ4n) is 4.17. The molecule has 1 aromatic heterocycles. The van der Waals surface area contributed by atoms with Gasteiger partial charge in [0, 0.05) is 32.1 Å². The first kappa shape index (κ1) is 17.7. The summed E-state index contributed by atoms with van der Waals surface area (Å²) in [6.45, 7) is 2.64. The molecule has 5 rings (SSSR count). The van der Waals surface area contributed by atoms with E-state index in [1.807, 2.05) is 34.1 Å². The number of nitriles is 1. The Morgan fingerprint density at radius 3 is 2.34 bits per heavy atom. The molecule has 2 heterocycles. The summed E-state index contributed by atoms with van der Waals surface area (Å²) in [4.78, 5) is 8.57. The Kier molecular flexibility index (Phi) is 4.44. The molecule has 0 unspecified atom stereocenters. The van der Waals surface area contributed by atoms with Crippen LogP contribution in [0.5, 0.6) is 0 Å². The molecule has 1 saturated carbocycles. The van der Waals surface area contributed by atoms with Crippen LogP contribution in [0.4, 0.5) is 16.0 Å². The summed E-state index contributed by atoms with van der Waals surface area (Å²) in [6.07, 6.45) is 0.996. The molecule has 0 spiro atoms. The van der Waals surface area contributed by atoms with Crippen LogP contribution in [0.2, 0.25) is 0 Å². The fourth-order valence-corrected chi connectivity index (χ4v) is 4.17. The van der Waals surface area contributed by atoms with Gasteiger partial charge in [0.1, 0.15) is 11.9 Å². The van der Waals surface area contributed by atoms with Crippen LogP contribution in [0.25, 0.3) is 0 Å². The van der Waals surface area contributed by atoms with Crippen LogP contribution in [0, 0.1) is 17.1 Å². The van der Waals surface area contributed by atoms with Gasteiger partial charge in [-0.2, -0.15) is 5.26 Å². The number of aromatic nitrogens is 1. The highest BCUT2D eigenvalue weighted by molar-refractivity contribution is 5.53. The van der Waals surface area contributed by atoms with Gasteiger partial charge >= 0.3 is 0 Å². The van der Waals surface area contributed by atoms with Gasteiger partial charge in [0.05, 0.1) is 5.69 Å². The third-order valence-electron chi connectivity index (χ3n) is 5.83. The van der Waals surface area contributed by atoms with Gasteiger partial charge in [0.15, 0.2) is 0 Å². The zero-order valence-electron chi connectivity index (χ0n) is 16.0. The van der Waals surface area contributed by atoms with Gasteiger partial charge in [-0.25, -0.2) is 9.37 Å². The lowest BCUT2D eigenvalue weighted by atomic mass is 10.1. The van der Waals surface area contributed by atoms with E-state index in [0.29, 0.717) is 55.3 Å². The molecule has 29 heavy (non-hydrogen) atoms. The predicted octanol–water partition coefficient (Wildman–Crippen LogP) is 4.28. The molecule has 1 saturated heterocycles. The van der Waals surface area contributed by atoms with Gasteiger partial charge in [0.25, 0.3) is 0 Å². The van der Waals surface area contributed by atoms with Crippen molar-refractivity contribution in [2.45, 2.75) is 18.3 Å². The number of piperazine rings is 1. The summed E-state index contributed by atoms with van der Waals surface area (Å²) in [5.74, 6) is 1.64. The first-order chi connectivity index (χ1) is 14.2. The number of nitrogens with zero attached hydrogens (tertiary/aromatic N) is 4. The molecule has 6 heteroatoms. The van der Waals surface area contributed by atoms with Gasteiger partial charge in [-0.1, -0.05) is 42.5 Å². The summed E-state index contributed by atoms with van der Waals surface area (Å²) in [5, 5.41) is 9.55. The average Bonchev–Trinajstić information content (AvgIpc) is 3.46. The van der Waals surface area contributed by atoms with Crippen LogP contribution in [0.1, 0.15) is 35.4 Å². The van der Waals surface area contributed by atoms with E-state index in [1.54, 1.807) is 12.1 Å². The molecule has 0 amide bonds. The minimum atomic E-state index is -0.207. The molecule has 146 valence electrons. The first-order valence-corrected chi connectivity index (χ1v) is 9.95. The summed E-state index contributed by atoms with van der Waals surface area (Å²) in [6, 6.07) is 19.4. The normalized spacial score (nSPS) is 21.1. The number of benzene rings is 2. The van der Waals surface area contributed by atoms with Crippen LogP contribution in [-0.4, -0.2) is 31.2 Å². The smallest absolute Gasteiger partial charge is 0.234 e. The SMILES string of the molecule is N#Cc1nc([C@@H]2C[C@@H]2c2ccccc2)oc1N1CCN(c2ccccc2F)CC1. The Labute approximate surface area is 169 Å². The molecule has 1 aliphatic heterocycles. The Morgan fingerprint density at radius 1 is 0.931 bits per heavy atom. The van der Waals surface area contributed by atoms with Crippen LogP contribution in [0.3, 0.4) is 0 Å². The quantitative estimate of drug-likeness (QED) is 0.668. The number of hydrogen-bond acceptors (Lipinski definition) is 5. The molecular formula is C23H21FN4O. The molecule has 0 N–H and O–H groups in total. The molecule has 5 nitrogen and oxygen atoms in total. The highest BCUT2D eigenvalue weighted by atomic mass is 19.1. The summed E-state index contributed by atoms with van der Waals surface area (Å²) in [5.41, 5.74) is 2.25. The van der Waals surface area contributed by atoms with Crippen molar-refractivity contribution in [2.75, 3.05) is 36.0 Å². The molecule has 2 fully saturated rings. The molecule has 2 atom stereocenters. The van der Waals surface area contributed by atoms with E-state index in [0.717, 1.165) is 6.42 Å². The van der Waals surface area contributed by atoms with Crippen molar-refractivity contribution in [2.24, 2.45) is 0 Å². The lowest BCUT2D eigenvalue weighted by Gasteiger charge is -2.36. The molecule has 1 aliphatic carbocycles. The summed E-state index contributed by atoms with van der Waals surface area (Å²) >= 11 is 0. The molecule has 0 bridgehead atoms. The third-order valence-corrected chi connectivity index (χ3v) is 5.83. The Hall–Kier alpha value is -3.33. The largest absolute Gasteiger partial charge is 0.423 e. The molecule has 2 aromatic carbocycles. The van der Waals surface area contributed by atoms with Crippen molar-refractivity contribution in [1.29, 1.82) is 5.26 Å². The first-order valence-electron chi connectivity index (χ1n) is 9.95. The highest BCUT2D eigenvalue weighted by Gasteiger charge is 2.44. The predicted molar refractivity (Wildman–Crippen MR) is 109 cm³/mol. The topological polar surface area (TPSA) is 56.3 Å². The maximum atomic E-state index is 14.1.